The van der Waals surface area contributed by atoms with Crippen molar-refractivity contribution < 1.29 is 0 Å². The monoisotopic (exact) mass is 336 g/mol. The van der Waals surface area contributed by atoms with E-state index in [2.05, 4.69) is 79.5 Å². The minimum atomic E-state index is 0.903. The molecule has 0 radical (unpaired) electrons. The van der Waals surface area contributed by atoms with Crippen molar-refractivity contribution in [3.63, 3.8) is 0 Å². The van der Waals surface area contributed by atoms with E-state index in [1.165, 1.54) is 44.8 Å². The van der Waals surface area contributed by atoms with Crippen LogP contribution in [0.1, 0.15) is 29.2 Å². The van der Waals surface area contributed by atoms with Gasteiger partial charge in [-0.2, -0.15) is 0 Å². The predicted octanol–water partition coefficient (Wildman–Crippen LogP) is 5.99. The second kappa shape index (κ2) is 5.77. The summed E-state index contributed by atoms with van der Waals surface area (Å²) in [7, 11) is 0. The molecule has 0 fully saturated rings. The third kappa shape index (κ3) is 2.59. The topological polar surface area (TPSA) is 24.7 Å². The lowest BCUT2D eigenvalue weighted by atomic mass is 9.97. The minimum Gasteiger partial charge on any atom is -0.257 e. The van der Waals surface area contributed by atoms with E-state index in [0.29, 0.717) is 0 Å². The van der Waals surface area contributed by atoms with Crippen LogP contribution in [0.3, 0.4) is 0 Å². The number of hydrogen-bond donors (Lipinski definition) is 0. The molecule has 3 aromatic rings. The van der Waals surface area contributed by atoms with Crippen LogP contribution in [0.5, 0.6) is 0 Å². The number of hydrogen-bond acceptors (Lipinski definition) is 2. The van der Waals surface area contributed by atoms with Gasteiger partial charge in [0.05, 0.1) is 17.1 Å². The van der Waals surface area contributed by atoms with Gasteiger partial charge in [-0.05, 0) is 65.9 Å². The molecule has 2 heterocycles. The first-order chi connectivity index (χ1) is 12.7. The Morgan fingerprint density at radius 2 is 1.35 bits per heavy atom. The molecule has 2 aliphatic rings. The highest BCUT2D eigenvalue weighted by atomic mass is 14.8. The number of aryl methyl sites for hydroxylation is 1. The van der Waals surface area contributed by atoms with E-state index in [4.69, 9.17) is 4.99 Å². The van der Waals surface area contributed by atoms with E-state index in [1.807, 2.05) is 0 Å². The quantitative estimate of drug-likeness (QED) is 0.549. The number of nitrogens with zero attached hydrogens (tertiary/aromatic N) is 2. The summed E-state index contributed by atoms with van der Waals surface area (Å²) < 4.78 is 0. The zero-order valence-electron chi connectivity index (χ0n) is 15.1. The van der Waals surface area contributed by atoms with Gasteiger partial charge in [-0.15, -0.1) is 0 Å². The van der Waals surface area contributed by atoms with Crippen molar-refractivity contribution in [1.29, 1.82) is 0 Å². The van der Waals surface area contributed by atoms with Gasteiger partial charge < -0.3 is 0 Å². The van der Waals surface area contributed by atoms with Crippen molar-refractivity contribution in [1.82, 2.24) is 0 Å². The highest BCUT2D eigenvalue weighted by Gasteiger charge is 2.18. The van der Waals surface area contributed by atoms with Crippen LogP contribution in [0.4, 0.5) is 11.4 Å². The second-order valence-electron chi connectivity index (χ2n) is 7.32. The fourth-order valence-electron chi connectivity index (χ4n) is 3.91. The van der Waals surface area contributed by atoms with Crippen molar-refractivity contribution in [2.75, 3.05) is 0 Å². The van der Waals surface area contributed by atoms with Crippen LogP contribution in [0.15, 0.2) is 70.6 Å². The Balaban J connectivity index is 1.46. The third-order valence-electron chi connectivity index (χ3n) is 5.21. The Kier molecular flexibility index (Phi) is 3.39. The third-order valence-corrected chi connectivity index (χ3v) is 5.21. The summed E-state index contributed by atoms with van der Waals surface area (Å²) in [5, 5.41) is 0. The number of aliphatic imine (C=N–C) groups is 2. The Morgan fingerprint density at radius 3 is 2.08 bits per heavy atom. The van der Waals surface area contributed by atoms with Gasteiger partial charge in [0, 0.05) is 18.6 Å². The summed E-state index contributed by atoms with van der Waals surface area (Å²) in [6.45, 7) is 4.22. The molecule has 0 bridgehead atoms. The van der Waals surface area contributed by atoms with E-state index in [9.17, 15) is 0 Å². The van der Waals surface area contributed by atoms with Crippen LogP contribution in [0.25, 0.3) is 11.1 Å². The fraction of sp³-hybridized carbons (Fsp3) is 0.167. The van der Waals surface area contributed by atoms with E-state index in [-0.39, 0.29) is 0 Å². The molecular formula is C24H20N2. The maximum absolute atomic E-state index is 4.86. The lowest BCUT2D eigenvalue weighted by molar-refractivity contribution is 1.36. The molecule has 3 aromatic carbocycles. The number of rotatable bonds is 2. The summed E-state index contributed by atoms with van der Waals surface area (Å²) in [6, 6.07) is 21.9. The van der Waals surface area contributed by atoms with E-state index < -0.39 is 0 Å². The summed E-state index contributed by atoms with van der Waals surface area (Å²) in [4.78, 5) is 9.46. The Bertz CT molecular complexity index is 1100. The summed E-state index contributed by atoms with van der Waals surface area (Å²) in [6.07, 6.45) is 1.87. The van der Waals surface area contributed by atoms with Crippen molar-refractivity contribution >= 4 is 22.8 Å². The summed E-state index contributed by atoms with van der Waals surface area (Å²) in [5.74, 6) is 0. The first-order valence-electron chi connectivity index (χ1n) is 9.11. The standard InChI is InChI=1S/C24H20N2/c1-15-4-3-5-19(10-15)24-14-21-13-18(7-9-23(21)26-24)17-6-8-22-20(12-17)11-16(2)25-22/h3-10,12-13H,11,14H2,1-2H3. The normalized spacial score (nSPS) is 14.7. The molecule has 2 heteroatoms. The van der Waals surface area contributed by atoms with Crippen LogP contribution < -0.4 is 0 Å². The molecule has 2 nitrogen and oxygen atoms in total. The maximum atomic E-state index is 4.86. The van der Waals surface area contributed by atoms with Crippen LogP contribution in [0.2, 0.25) is 0 Å². The summed E-state index contributed by atoms with van der Waals surface area (Å²) in [5.41, 5.74) is 12.3. The van der Waals surface area contributed by atoms with Crippen molar-refractivity contribution in [3.05, 3.63) is 82.9 Å². The summed E-state index contributed by atoms with van der Waals surface area (Å²) >= 11 is 0. The van der Waals surface area contributed by atoms with Crippen LogP contribution in [-0.2, 0) is 12.8 Å². The Morgan fingerprint density at radius 1 is 0.654 bits per heavy atom. The molecule has 0 aromatic heterocycles. The van der Waals surface area contributed by atoms with Crippen LogP contribution >= 0.6 is 0 Å². The molecule has 0 unspecified atom stereocenters. The highest BCUT2D eigenvalue weighted by Crippen LogP contribution is 2.35. The zero-order valence-corrected chi connectivity index (χ0v) is 15.1. The van der Waals surface area contributed by atoms with Crippen molar-refractivity contribution in [2.45, 2.75) is 26.7 Å². The van der Waals surface area contributed by atoms with Gasteiger partial charge in [0.2, 0.25) is 0 Å². The smallest absolute Gasteiger partial charge is 0.0669 e. The molecule has 0 atom stereocenters. The zero-order chi connectivity index (χ0) is 17.7. The predicted molar refractivity (Wildman–Crippen MR) is 109 cm³/mol. The van der Waals surface area contributed by atoms with E-state index in [1.54, 1.807) is 0 Å². The largest absolute Gasteiger partial charge is 0.257 e. The minimum absolute atomic E-state index is 0.903. The van der Waals surface area contributed by atoms with Crippen molar-refractivity contribution in [2.24, 2.45) is 9.98 Å². The lowest BCUT2D eigenvalue weighted by Gasteiger charge is -2.07. The SMILES string of the molecule is CC1=Nc2ccc(-c3ccc4c(c3)CC(c3cccc(C)c3)=N4)cc2C1. The Hall–Kier alpha value is -3.00. The first-order valence-corrected chi connectivity index (χ1v) is 9.11. The van der Waals surface area contributed by atoms with E-state index in [0.717, 1.165) is 24.2 Å². The molecule has 0 amide bonds. The average molecular weight is 336 g/mol. The molecule has 126 valence electrons. The number of fused-ring (bicyclic) bond motifs is 2. The molecule has 26 heavy (non-hydrogen) atoms. The average Bonchev–Trinajstić information content (AvgIpc) is 3.22. The molecule has 0 aliphatic carbocycles. The molecule has 0 saturated heterocycles. The molecule has 0 saturated carbocycles. The highest BCUT2D eigenvalue weighted by molar-refractivity contribution is 6.06. The van der Waals surface area contributed by atoms with Gasteiger partial charge in [0.15, 0.2) is 0 Å². The number of benzene rings is 3. The van der Waals surface area contributed by atoms with Gasteiger partial charge in [-0.3, -0.25) is 9.98 Å². The van der Waals surface area contributed by atoms with Gasteiger partial charge in [-0.1, -0.05) is 42.0 Å². The Labute approximate surface area is 154 Å². The van der Waals surface area contributed by atoms with E-state index >= 15 is 0 Å². The second-order valence-corrected chi connectivity index (χ2v) is 7.32. The van der Waals surface area contributed by atoms with Gasteiger partial charge in [0.1, 0.15) is 0 Å². The molecule has 5 rings (SSSR count). The molecule has 0 N–H and O–H groups in total. The molecule has 2 aliphatic heterocycles. The maximum Gasteiger partial charge on any atom is 0.0669 e. The van der Waals surface area contributed by atoms with Crippen LogP contribution in [-0.4, -0.2) is 11.4 Å². The fourth-order valence-corrected chi connectivity index (χ4v) is 3.91. The first kappa shape index (κ1) is 15.3. The van der Waals surface area contributed by atoms with Gasteiger partial charge >= 0.3 is 0 Å². The van der Waals surface area contributed by atoms with Crippen molar-refractivity contribution in [3.8, 4) is 11.1 Å². The van der Waals surface area contributed by atoms with Gasteiger partial charge in [0.25, 0.3) is 0 Å². The molecule has 0 spiro atoms. The van der Waals surface area contributed by atoms with Crippen LogP contribution in [0, 0.1) is 6.92 Å². The van der Waals surface area contributed by atoms with Gasteiger partial charge in [-0.25, -0.2) is 0 Å². The lowest BCUT2D eigenvalue weighted by Crippen LogP contribution is -2.00. The molecular weight excluding hydrogens is 316 g/mol.